The third-order valence-electron chi connectivity index (χ3n) is 6.02. The number of aromatic nitrogens is 2. The molecule has 1 aliphatic carbocycles. The number of hydroxylamine groups is 2. The number of hydrogen-bond acceptors (Lipinski definition) is 6. The number of hydrogen-bond donors (Lipinski definition) is 1. The quantitative estimate of drug-likeness (QED) is 0.753. The number of benzene rings is 1. The highest BCUT2D eigenvalue weighted by molar-refractivity contribution is 5.93. The van der Waals surface area contributed by atoms with Gasteiger partial charge in [0, 0.05) is 42.9 Å². The van der Waals surface area contributed by atoms with E-state index < -0.39 is 0 Å². The minimum atomic E-state index is -0.110. The van der Waals surface area contributed by atoms with Gasteiger partial charge in [0.25, 0.3) is 5.91 Å². The molecule has 0 bridgehead atoms. The van der Waals surface area contributed by atoms with Gasteiger partial charge >= 0.3 is 0 Å². The van der Waals surface area contributed by atoms with Gasteiger partial charge in [-0.3, -0.25) is 4.79 Å². The minimum Gasteiger partial charge on any atom is -0.406 e. The third kappa shape index (κ3) is 4.91. The topological polar surface area (TPSA) is 91.1 Å². The second-order valence-electron chi connectivity index (χ2n) is 9.00. The molecular formula is C25H33N5O2. The Hall–Kier alpha value is -2.98. The fourth-order valence-electron chi connectivity index (χ4n) is 4.44. The fraction of sp³-hybridized carbons (Fsp3) is 0.520. The lowest BCUT2D eigenvalue weighted by Crippen LogP contribution is -2.67. The van der Waals surface area contributed by atoms with E-state index >= 15 is 0 Å². The molecule has 4 rings (SSSR count). The molecule has 32 heavy (non-hydrogen) atoms. The molecule has 1 aliphatic heterocycles. The van der Waals surface area contributed by atoms with Crippen molar-refractivity contribution in [3.63, 3.8) is 0 Å². The Balaban J connectivity index is 0.00000141. The predicted octanol–water partition coefficient (Wildman–Crippen LogP) is 4.30. The van der Waals surface area contributed by atoms with Gasteiger partial charge in [-0.05, 0) is 49.9 Å². The van der Waals surface area contributed by atoms with Crippen LogP contribution in [0, 0.1) is 30.6 Å². The van der Waals surface area contributed by atoms with Crippen LogP contribution in [0.25, 0.3) is 0 Å². The summed E-state index contributed by atoms with van der Waals surface area (Å²) in [5.41, 5.74) is 3.31. The zero-order valence-electron chi connectivity index (χ0n) is 19.9. The maximum Gasteiger partial charge on any atom is 0.254 e. The fourth-order valence-corrected chi connectivity index (χ4v) is 4.44. The first-order valence-corrected chi connectivity index (χ1v) is 11.4. The van der Waals surface area contributed by atoms with Crippen molar-refractivity contribution in [2.24, 2.45) is 5.41 Å². The number of nitriles is 1. The Morgan fingerprint density at radius 3 is 2.25 bits per heavy atom. The van der Waals surface area contributed by atoms with Gasteiger partial charge in [0.05, 0.1) is 17.2 Å². The third-order valence-corrected chi connectivity index (χ3v) is 6.02. The van der Waals surface area contributed by atoms with Gasteiger partial charge in [0.2, 0.25) is 0 Å². The van der Waals surface area contributed by atoms with Crippen molar-refractivity contribution in [3.8, 4) is 11.8 Å². The van der Waals surface area contributed by atoms with E-state index in [0.29, 0.717) is 11.1 Å². The number of carbonyl (C=O) groups is 1. The van der Waals surface area contributed by atoms with E-state index in [1.807, 2.05) is 58.7 Å². The van der Waals surface area contributed by atoms with Crippen LogP contribution in [0.4, 0.5) is 0 Å². The lowest BCUT2D eigenvalue weighted by atomic mass is 9.61. The molecule has 1 amide bonds. The van der Waals surface area contributed by atoms with Gasteiger partial charge in [-0.15, -0.1) is 5.06 Å². The second-order valence-corrected chi connectivity index (χ2v) is 9.00. The molecule has 0 atom stereocenters. The number of nitrogens with one attached hydrogen (secondary N) is 1. The first-order valence-electron chi connectivity index (χ1n) is 11.4. The summed E-state index contributed by atoms with van der Waals surface area (Å²) in [5.74, 6) is 1.65. The molecular weight excluding hydrogens is 402 g/mol. The zero-order chi connectivity index (χ0) is 23.5. The van der Waals surface area contributed by atoms with E-state index in [9.17, 15) is 10.1 Å². The standard InChI is InChI=1S/C23H27N5O2.C2H6/c1-14(2)21-25-10-17(11-26-21)22(29)27-18-7-23(8-18)12-28(13-23)30-19-5-15(3)20(9-24)16(4)6-19;1-2/h5-6,10-11,14,18H,7-8,12-13H2,1-4H3,(H,27,29);1-2H3. The molecule has 0 unspecified atom stereocenters. The van der Waals surface area contributed by atoms with Crippen LogP contribution >= 0.6 is 0 Å². The molecule has 0 radical (unpaired) electrons. The van der Waals surface area contributed by atoms with E-state index in [4.69, 9.17) is 4.84 Å². The molecule has 7 heteroatoms. The Labute approximate surface area is 190 Å². The van der Waals surface area contributed by atoms with Gasteiger partial charge in [0.1, 0.15) is 11.6 Å². The molecule has 170 valence electrons. The van der Waals surface area contributed by atoms with Crippen molar-refractivity contribution in [1.82, 2.24) is 20.3 Å². The van der Waals surface area contributed by atoms with Crippen LogP contribution in [0.15, 0.2) is 24.5 Å². The number of aryl methyl sites for hydroxylation is 2. The van der Waals surface area contributed by atoms with E-state index in [1.165, 1.54) is 0 Å². The maximum atomic E-state index is 12.4. The number of nitrogens with zero attached hydrogens (tertiary/aromatic N) is 4. The predicted molar refractivity (Wildman–Crippen MR) is 123 cm³/mol. The van der Waals surface area contributed by atoms with E-state index in [0.717, 1.165) is 48.6 Å². The molecule has 1 spiro atoms. The van der Waals surface area contributed by atoms with Crippen LogP contribution in [0.3, 0.4) is 0 Å². The first-order chi connectivity index (χ1) is 15.3. The van der Waals surface area contributed by atoms with Gasteiger partial charge in [-0.2, -0.15) is 5.26 Å². The van der Waals surface area contributed by atoms with E-state index in [2.05, 4.69) is 21.4 Å². The smallest absolute Gasteiger partial charge is 0.254 e. The molecule has 1 aromatic carbocycles. The first kappa shape index (κ1) is 23.7. The summed E-state index contributed by atoms with van der Waals surface area (Å²) < 4.78 is 0. The van der Waals surface area contributed by atoms with Crippen molar-refractivity contribution >= 4 is 5.91 Å². The zero-order valence-corrected chi connectivity index (χ0v) is 19.9. The van der Waals surface area contributed by atoms with Crippen LogP contribution in [0.2, 0.25) is 0 Å². The summed E-state index contributed by atoms with van der Waals surface area (Å²) >= 11 is 0. The molecule has 1 saturated heterocycles. The van der Waals surface area contributed by atoms with Gasteiger partial charge in [-0.1, -0.05) is 27.7 Å². The normalized spacial score (nSPS) is 16.9. The van der Waals surface area contributed by atoms with Crippen LogP contribution in [0.5, 0.6) is 5.75 Å². The minimum absolute atomic E-state index is 0.110. The summed E-state index contributed by atoms with van der Waals surface area (Å²) in [6, 6.07) is 6.24. The molecule has 2 aromatic rings. The maximum absolute atomic E-state index is 12.4. The Bertz CT molecular complexity index is 973. The van der Waals surface area contributed by atoms with Crippen LogP contribution in [0.1, 0.15) is 79.3 Å². The van der Waals surface area contributed by atoms with Gasteiger partial charge in [-0.25, -0.2) is 9.97 Å². The average Bonchev–Trinajstić information content (AvgIpc) is 2.72. The Morgan fingerprint density at radius 2 is 1.75 bits per heavy atom. The van der Waals surface area contributed by atoms with E-state index in [1.54, 1.807) is 12.4 Å². The summed E-state index contributed by atoms with van der Waals surface area (Å²) in [4.78, 5) is 26.9. The highest BCUT2D eigenvalue weighted by atomic mass is 16.7. The van der Waals surface area contributed by atoms with Crippen LogP contribution in [-0.4, -0.2) is 40.1 Å². The highest BCUT2D eigenvalue weighted by Crippen LogP contribution is 2.48. The monoisotopic (exact) mass is 435 g/mol. The SMILES string of the molecule is CC.Cc1cc(ON2CC3(CC(NC(=O)c4cnc(C(C)C)nc4)C3)C2)cc(C)c1C#N. The van der Waals surface area contributed by atoms with Gasteiger partial charge in [0.15, 0.2) is 0 Å². The lowest BCUT2D eigenvalue weighted by Gasteiger charge is -2.57. The van der Waals surface area contributed by atoms with Crippen molar-refractivity contribution in [3.05, 3.63) is 52.6 Å². The lowest BCUT2D eigenvalue weighted by molar-refractivity contribution is -0.213. The molecule has 1 aromatic heterocycles. The van der Waals surface area contributed by atoms with Crippen molar-refractivity contribution in [2.45, 2.75) is 66.3 Å². The van der Waals surface area contributed by atoms with E-state index in [-0.39, 0.29) is 23.3 Å². The van der Waals surface area contributed by atoms with Crippen molar-refractivity contribution in [1.29, 1.82) is 5.26 Å². The molecule has 1 saturated carbocycles. The molecule has 2 heterocycles. The van der Waals surface area contributed by atoms with Crippen LogP contribution in [-0.2, 0) is 0 Å². The Kier molecular flexibility index (Phi) is 7.15. The Morgan fingerprint density at radius 1 is 1.19 bits per heavy atom. The second kappa shape index (κ2) is 9.66. The molecule has 1 N–H and O–H groups in total. The molecule has 2 fully saturated rings. The number of amides is 1. The van der Waals surface area contributed by atoms with Gasteiger partial charge < -0.3 is 10.2 Å². The largest absolute Gasteiger partial charge is 0.406 e. The van der Waals surface area contributed by atoms with Crippen molar-refractivity contribution < 1.29 is 9.63 Å². The molecule has 2 aliphatic rings. The van der Waals surface area contributed by atoms with Crippen molar-refractivity contribution in [2.75, 3.05) is 13.1 Å². The summed E-state index contributed by atoms with van der Waals surface area (Å²) in [6.45, 7) is 13.6. The number of rotatable bonds is 5. The average molecular weight is 436 g/mol. The number of carbonyl (C=O) groups excluding carboxylic acids is 1. The van der Waals surface area contributed by atoms with Crippen LogP contribution < -0.4 is 10.2 Å². The highest BCUT2D eigenvalue weighted by Gasteiger charge is 2.54. The summed E-state index contributed by atoms with van der Waals surface area (Å²) in [7, 11) is 0. The summed E-state index contributed by atoms with van der Waals surface area (Å²) in [5, 5.41) is 14.2. The summed E-state index contributed by atoms with van der Waals surface area (Å²) in [6.07, 6.45) is 5.11. The molecule has 7 nitrogen and oxygen atoms in total.